The zero-order chi connectivity index (χ0) is 16.5. The fourth-order valence-corrected chi connectivity index (χ4v) is 3.51. The van der Waals surface area contributed by atoms with Gasteiger partial charge in [-0.25, -0.2) is 21.9 Å². The van der Waals surface area contributed by atoms with E-state index in [4.69, 9.17) is 0 Å². The fourth-order valence-electron chi connectivity index (χ4n) is 2.12. The van der Waals surface area contributed by atoms with Gasteiger partial charge in [0.15, 0.2) is 0 Å². The Bertz CT molecular complexity index is 804. The van der Waals surface area contributed by atoms with Crippen molar-refractivity contribution in [2.75, 3.05) is 0 Å². The van der Waals surface area contributed by atoms with Gasteiger partial charge in [-0.15, -0.1) is 0 Å². The molecule has 0 amide bonds. The summed E-state index contributed by atoms with van der Waals surface area (Å²) in [6.45, 7) is 4.91. The number of sulfonamides is 1. The van der Waals surface area contributed by atoms with Crippen molar-refractivity contribution in [1.82, 2.24) is 4.72 Å². The van der Waals surface area contributed by atoms with E-state index in [1.807, 2.05) is 0 Å². The Morgan fingerprint density at radius 1 is 1.00 bits per heavy atom. The van der Waals surface area contributed by atoms with E-state index >= 15 is 0 Å². The van der Waals surface area contributed by atoms with E-state index in [0.717, 1.165) is 6.07 Å². The summed E-state index contributed by atoms with van der Waals surface area (Å²) < 4.78 is 54.1. The summed E-state index contributed by atoms with van der Waals surface area (Å²) in [4.78, 5) is -0.391. The molecule has 0 saturated heterocycles. The predicted octanol–water partition coefficient (Wildman–Crippen LogP) is 3.62. The third kappa shape index (κ3) is 3.51. The number of rotatable bonds is 4. The average molecular weight is 325 g/mol. The first kappa shape index (κ1) is 16.6. The third-order valence-corrected chi connectivity index (χ3v) is 4.95. The number of halogens is 2. The van der Waals surface area contributed by atoms with E-state index in [1.54, 1.807) is 26.8 Å². The first-order chi connectivity index (χ1) is 10.2. The molecule has 0 fully saturated rings. The maximum Gasteiger partial charge on any atom is 0.244 e. The van der Waals surface area contributed by atoms with Gasteiger partial charge in [-0.1, -0.05) is 18.2 Å². The number of aryl methyl sites for hydroxylation is 2. The maximum atomic E-state index is 13.8. The minimum Gasteiger partial charge on any atom is -0.207 e. The first-order valence-corrected chi connectivity index (χ1v) is 8.23. The highest BCUT2D eigenvalue weighted by atomic mass is 32.2. The van der Waals surface area contributed by atoms with Crippen LogP contribution in [0.3, 0.4) is 0 Å². The Balaban J connectivity index is 2.31. The van der Waals surface area contributed by atoms with Crippen molar-refractivity contribution in [2.24, 2.45) is 0 Å². The predicted molar refractivity (Wildman–Crippen MR) is 81.0 cm³/mol. The number of benzene rings is 2. The Hall–Kier alpha value is -1.79. The van der Waals surface area contributed by atoms with Crippen LogP contribution in [0.1, 0.15) is 29.7 Å². The monoisotopic (exact) mass is 325 g/mol. The molecule has 0 aliphatic heterocycles. The van der Waals surface area contributed by atoms with Crippen LogP contribution in [0, 0.1) is 25.5 Å². The summed E-state index contributed by atoms with van der Waals surface area (Å²) in [6.07, 6.45) is 0. The van der Waals surface area contributed by atoms with Gasteiger partial charge in [-0.3, -0.25) is 0 Å². The molecule has 0 aromatic heterocycles. The van der Waals surface area contributed by atoms with Gasteiger partial charge in [0.1, 0.15) is 16.5 Å². The van der Waals surface area contributed by atoms with Crippen molar-refractivity contribution in [2.45, 2.75) is 31.7 Å². The van der Waals surface area contributed by atoms with Crippen LogP contribution in [0.15, 0.2) is 41.3 Å². The Kier molecular flexibility index (Phi) is 4.63. The van der Waals surface area contributed by atoms with Crippen LogP contribution in [0.5, 0.6) is 0 Å². The van der Waals surface area contributed by atoms with Crippen LogP contribution in [0.25, 0.3) is 0 Å². The molecule has 2 rings (SSSR count). The molecule has 0 bridgehead atoms. The molecule has 2 aromatic rings. The summed E-state index contributed by atoms with van der Waals surface area (Å²) in [5.74, 6) is -1.16. The molecule has 0 aliphatic carbocycles. The normalized spacial score (nSPS) is 13.1. The van der Waals surface area contributed by atoms with Gasteiger partial charge >= 0.3 is 0 Å². The van der Waals surface area contributed by atoms with Crippen molar-refractivity contribution in [3.05, 3.63) is 64.7 Å². The van der Waals surface area contributed by atoms with Crippen molar-refractivity contribution >= 4 is 10.0 Å². The van der Waals surface area contributed by atoms with Crippen molar-refractivity contribution in [1.29, 1.82) is 0 Å². The van der Waals surface area contributed by atoms with Crippen LogP contribution in [0.4, 0.5) is 8.78 Å². The lowest BCUT2D eigenvalue weighted by atomic mass is 10.1. The van der Waals surface area contributed by atoms with E-state index in [0.29, 0.717) is 16.7 Å². The van der Waals surface area contributed by atoms with Gasteiger partial charge < -0.3 is 0 Å². The molecular formula is C16H17F2NO2S. The standard InChI is InChI=1S/C16H17F2NO2S/c1-10-4-6-15(18)16(8-10)22(20,21)19-12(3)13-5-7-14(17)11(2)9-13/h4-9,12,19H,1-3H3/t12-/m1/s1. The zero-order valence-corrected chi connectivity index (χ0v) is 13.3. The lowest BCUT2D eigenvalue weighted by Gasteiger charge is -2.16. The summed E-state index contributed by atoms with van der Waals surface area (Å²) >= 11 is 0. The number of hydrogen-bond donors (Lipinski definition) is 1. The molecule has 22 heavy (non-hydrogen) atoms. The van der Waals surface area contributed by atoms with Gasteiger partial charge in [0.2, 0.25) is 10.0 Å². The van der Waals surface area contributed by atoms with E-state index in [2.05, 4.69) is 4.72 Å². The molecule has 0 aliphatic rings. The second kappa shape index (κ2) is 6.14. The second-order valence-electron chi connectivity index (χ2n) is 5.29. The molecular weight excluding hydrogens is 308 g/mol. The van der Waals surface area contributed by atoms with Gasteiger partial charge in [-0.2, -0.15) is 0 Å². The molecule has 0 spiro atoms. The topological polar surface area (TPSA) is 46.2 Å². The molecule has 2 aromatic carbocycles. The summed E-state index contributed by atoms with van der Waals surface area (Å²) in [7, 11) is -4.00. The second-order valence-corrected chi connectivity index (χ2v) is 6.97. The third-order valence-electron chi connectivity index (χ3n) is 3.39. The summed E-state index contributed by atoms with van der Waals surface area (Å²) in [5, 5.41) is 0. The molecule has 6 heteroatoms. The van der Waals surface area contributed by atoms with Gasteiger partial charge in [0.05, 0.1) is 0 Å². The number of nitrogens with one attached hydrogen (secondary N) is 1. The molecule has 118 valence electrons. The molecule has 0 unspecified atom stereocenters. The van der Waals surface area contributed by atoms with Crippen LogP contribution in [-0.4, -0.2) is 8.42 Å². The minimum atomic E-state index is -4.00. The smallest absolute Gasteiger partial charge is 0.207 e. The molecule has 3 nitrogen and oxygen atoms in total. The summed E-state index contributed by atoms with van der Waals surface area (Å²) in [6, 6.07) is 7.64. The van der Waals surface area contributed by atoms with E-state index in [9.17, 15) is 17.2 Å². The van der Waals surface area contributed by atoms with E-state index in [-0.39, 0.29) is 5.82 Å². The highest BCUT2D eigenvalue weighted by Crippen LogP contribution is 2.21. The van der Waals surface area contributed by atoms with E-state index < -0.39 is 26.8 Å². The molecule has 1 atom stereocenters. The Labute approximate surface area is 129 Å². The lowest BCUT2D eigenvalue weighted by molar-refractivity contribution is 0.546. The lowest BCUT2D eigenvalue weighted by Crippen LogP contribution is -2.27. The summed E-state index contributed by atoms with van der Waals surface area (Å²) in [5.41, 5.74) is 1.67. The van der Waals surface area contributed by atoms with Crippen molar-refractivity contribution < 1.29 is 17.2 Å². The van der Waals surface area contributed by atoms with Crippen LogP contribution in [0.2, 0.25) is 0 Å². The van der Waals surface area contributed by atoms with Crippen molar-refractivity contribution in [3.63, 3.8) is 0 Å². The zero-order valence-electron chi connectivity index (χ0n) is 12.5. The molecule has 0 radical (unpaired) electrons. The van der Waals surface area contributed by atoms with Gasteiger partial charge in [-0.05, 0) is 55.7 Å². The minimum absolute atomic E-state index is 0.358. The highest BCUT2D eigenvalue weighted by Gasteiger charge is 2.22. The molecule has 1 N–H and O–H groups in total. The highest BCUT2D eigenvalue weighted by molar-refractivity contribution is 7.89. The molecule has 0 heterocycles. The van der Waals surface area contributed by atoms with Crippen LogP contribution >= 0.6 is 0 Å². The van der Waals surface area contributed by atoms with Crippen LogP contribution in [-0.2, 0) is 10.0 Å². The number of hydrogen-bond acceptors (Lipinski definition) is 2. The van der Waals surface area contributed by atoms with Gasteiger partial charge in [0, 0.05) is 6.04 Å². The Morgan fingerprint density at radius 2 is 1.64 bits per heavy atom. The SMILES string of the molecule is Cc1ccc(F)c(S(=O)(=O)N[C@H](C)c2ccc(F)c(C)c2)c1. The molecule has 0 saturated carbocycles. The average Bonchev–Trinajstić information content (AvgIpc) is 2.43. The quantitative estimate of drug-likeness (QED) is 0.933. The maximum absolute atomic E-state index is 13.8. The largest absolute Gasteiger partial charge is 0.244 e. The first-order valence-electron chi connectivity index (χ1n) is 6.75. The Morgan fingerprint density at radius 3 is 2.27 bits per heavy atom. The van der Waals surface area contributed by atoms with Gasteiger partial charge in [0.25, 0.3) is 0 Å². The van der Waals surface area contributed by atoms with Crippen LogP contribution < -0.4 is 4.72 Å². The van der Waals surface area contributed by atoms with E-state index in [1.165, 1.54) is 24.3 Å². The van der Waals surface area contributed by atoms with Crippen molar-refractivity contribution in [3.8, 4) is 0 Å². The fraction of sp³-hybridized carbons (Fsp3) is 0.250.